The zero-order valence-electron chi connectivity index (χ0n) is 11.6. The van der Waals surface area contributed by atoms with E-state index in [1.807, 2.05) is 12.1 Å². The molecule has 0 saturated heterocycles. The first-order valence-electron chi connectivity index (χ1n) is 7.27. The van der Waals surface area contributed by atoms with Gasteiger partial charge in [0, 0.05) is 23.1 Å². The second kappa shape index (κ2) is 5.80. The van der Waals surface area contributed by atoms with Crippen LogP contribution in [0.5, 0.6) is 0 Å². The van der Waals surface area contributed by atoms with E-state index in [1.165, 1.54) is 17.7 Å². The minimum absolute atomic E-state index is 0.0263. The Labute approximate surface area is 130 Å². The molecule has 0 heterocycles. The highest BCUT2D eigenvalue weighted by Gasteiger charge is 2.38. The third-order valence-corrected chi connectivity index (χ3v) is 4.47. The van der Waals surface area contributed by atoms with Crippen molar-refractivity contribution in [1.29, 1.82) is 0 Å². The van der Waals surface area contributed by atoms with Crippen LogP contribution in [0.1, 0.15) is 31.2 Å². The Balaban J connectivity index is 1.72. The topological polar surface area (TPSA) is 15.3 Å². The zero-order valence-corrected chi connectivity index (χ0v) is 13.2. The Morgan fingerprint density at radius 2 is 1.90 bits per heavy atom. The first-order chi connectivity index (χ1) is 9.92. The monoisotopic (exact) mass is 362 g/mol. The number of hydrogen-bond acceptors (Lipinski definition) is 2. The Kier molecular flexibility index (Phi) is 4.19. The number of hydrogen-bond donors (Lipinski definition) is 1. The molecule has 0 spiro atoms. The second-order valence-corrected chi connectivity index (χ2v) is 6.77. The lowest BCUT2D eigenvalue weighted by Gasteiger charge is -2.27. The molecule has 0 unspecified atom stereocenters. The van der Waals surface area contributed by atoms with E-state index in [1.54, 1.807) is 6.07 Å². The van der Waals surface area contributed by atoms with Gasteiger partial charge in [-0.15, -0.1) is 0 Å². The van der Waals surface area contributed by atoms with Gasteiger partial charge >= 0.3 is 6.18 Å². The largest absolute Gasteiger partial charge is 0.405 e. The lowest BCUT2D eigenvalue weighted by molar-refractivity contribution is -0.120. The summed E-state index contributed by atoms with van der Waals surface area (Å²) in [5, 5.41) is 3.41. The maximum atomic E-state index is 12.7. The number of benzene rings is 1. The average Bonchev–Trinajstić information content (AvgIpc) is 3.26. The van der Waals surface area contributed by atoms with Crippen LogP contribution in [0, 0.1) is 0 Å². The maximum absolute atomic E-state index is 12.7. The van der Waals surface area contributed by atoms with Crippen LogP contribution < -0.4 is 10.2 Å². The first kappa shape index (κ1) is 15.2. The van der Waals surface area contributed by atoms with Crippen molar-refractivity contribution in [1.82, 2.24) is 5.32 Å². The summed E-state index contributed by atoms with van der Waals surface area (Å²) in [5.74, 6) is 0. The summed E-state index contributed by atoms with van der Waals surface area (Å²) in [5.41, 5.74) is 1.74. The number of alkyl halides is 3. The highest BCUT2D eigenvalue weighted by Crippen LogP contribution is 2.38. The van der Waals surface area contributed by atoms with Crippen molar-refractivity contribution in [3.8, 4) is 0 Å². The van der Waals surface area contributed by atoms with Crippen LogP contribution in [-0.2, 0) is 6.54 Å². The zero-order chi connectivity index (χ0) is 15.0. The van der Waals surface area contributed by atoms with Gasteiger partial charge in [-0.3, -0.25) is 0 Å². The number of rotatable bonds is 6. The minimum atomic E-state index is -4.17. The van der Waals surface area contributed by atoms with Gasteiger partial charge in [-0.1, -0.05) is 6.07 Å². The molecule has 0 atom stereocenters. The molecular formula is C15H18BrF3N2. The van der Waals surface area contributed by atoms with E-state index in [0.717, 1.165) is 29.4 Å². The molecule has 21 heavy (non-hydrogen) atoms. The highest BCUT2D eigenvalue weighted by atomic mass is 79.9. The Bertz CT molecular complexity index is 510. The van der Waals surface area contributed by atoms with Gasteiger partial charge in [0.25, 0.3) is 0 Å². The van der Waals surface area contributed by atoms with Crippen molar-refractivity contribution >= 4 is 21.6 Å². The molecule has 0 aromatic heterocycles. The minimum Gasteiger partial charge on any atom is -0.359 e. The molecule has 2 saturated carbocycles. The SMILES string of the molecule is FC(F)(F)CN(c1ccc(CNC2CC2)cc1Br)C1CC1. The van der Waals surface area contributed by atoms with Crippen molar-refractivity contribution in [2.45, 2.75) is 50.5 Å². The van der Waals surface area contributed by atoms with Crippen molar-refractivity contribution < 1.29 is 13.2 Å². The van der Waals surface area contributed by atoms with Crippen LogP contribution in [0.25, 0.3) is 0 Å². The van der Waals surface area contributed by atoms with Crippen molar-refractivity contribution in [3.05, 3.63) is 28.2 Å². The van der Waals surface area contributed by atoms with Gasteiger partial charge in [0.2, 0.25) is 0 Å². The molecule has 2 nitrogen and oxygen atoms in total. The Morgan fingerprint density at radius 3 is 2.43 bits per heavy atom. The molecule has 6 heteroatoms. The van der Waals surface area contributed by atoms with Crippen LogP contribution in [0.4, 0.5) is 18.9 Å². The maximum Gasteiger partial charge on any atom is 0.405 e. The summed E-state index contributed by atoms with van der Waals surface area (Å²) < 4.78 is 39.0. The quantitative estimate of drug-likeness (QED) is 0.814. The van der Waals surface area contributed by atoms with Crippen molar-refractivity contribution in [3.63, 3.8) is 0 Å². The predicted molar refractivity (Wildman–Crippen MR) is 80.4 cm³/mol. The molecule has 0 bridgehead atoms. The molecule has 0 aliphatic heterocycles. The van der Waals surface area contributed by atoms with Gasteiger partial charge in [-0.2, -0.15) is 13.2 Å². The van der Waals surface area contributed by atoms with E-state index in [-0.39, 0.29) is 6.04 Å². The van der Waals surface area contributed by atoms with Gasteiger partial charge < -0.3 is 10.2 Å². The van der Waals surface area contributed by atoms with E-state index >= 15 is 0 Å². The number of anilines is 1. The van der Waals surface area contributed by atoms with E-state index in [0.29, 0.717) is 11.7 Å². The lowest BCUT2D eigenvalue weighted by atomic mass is 10.2. The van der Waals surface area contributed by atoms with Crippen LogP contribution in [0.3, 0.4) is 0 Å². The smallest absolute Gasteiger partial charge is 0.359 e. The van der Waals surface area contributed by atoms with E-state index in [9.17, 15) is 13.2 Å². The first-order valence-corrected chi connectivity index (χ1v) is 8.07. The van der Waals surface area contributed by atoms with E-state index in [2.05, 4.69) is 21.2 Å². The van der Waals surface area contributed by atoms with Crippen LogP contribution in [-0.4, -0.2) is 24.8 Å². The summed E-state index contributed by atoms with van der Waals surface area (Å²) >= 11 is 3.44. The highest BCUT2D eigenvalue weighted by molar-refractivity contribution is 9.10. The Hall–Kier alpha value is -0.750. The summed E-state index contributed by atoms with van der Waals surface area (Å²) in [4.78, 5) is 1.47. The van der Waals surface area contributed by atoms with Crippen LogP contribution in [0.15, 0.2) is 22.7 Å². The van der Waals surface area contributed by atoms with Crippen LogP contribution >= 0.6 is 15.9 Å². The average molecular weight is 363 g/mol. The molecule has 3 rings (SSSR count). The molecular weight excluding hydrogens is 345 g/mol. The molecule has 0 radical (unpaired) electrons. The van der Waals surface area contributed by atoms with Gasteiger partial charge in [0.05, 0.1) is 5.69 Å². The number of halogens is 4. The molecule has 116 valence electrons. The van der Waals surface area contributed by atoms with Crippen molar-refractivity contribution in [2.75, 3.05) is 11.4 Å². The van der Waals surface area contributed by atoms with Gasteiger partial charge in [0.1, 0.15) is 6.54 Å². The summed E-state index contributed by atoms with van der Waals surface area (Å²) in [6.07, 6.45) is -0.0458. The molecule has 1 N–H and O–H groups in total. The standard InChI is InChI=1S/C15H18BrF3N2/c16-13-7-10(8-20-11-2-3-11)1-6-14(13)21(12-4-5-12)9-15(17,18)19/h1,6-7,11-12,20H,2-5,8-9H2. The summed E-state index contributed by atoms with van der Waals surface area (Å²) in [6, 6.07) is 6.30. The number of nitrogens with zero attached hydrogens (tertiary/aromatic N) is 1. The Morgan fingerprint density at radius 1 is 1.19 bits per heavy atom. The molecule has 0 amide bonds. The molecule has 1 aromatic rings. The lowest BCUT2D eigenvalue weighted by Crippen LogP contribution is -2.36. The third-order valence-electron chi connectivity index (χ3n) is 3.83. The molecule has 1 aromatic carbocycles. The molecule has 2 aliphatic carbocycles. The van der Waals surface area contributed by atoms with E-state index in [4.69, 9.17) is 0 Å². The normalized spacial score (nSPS) is 18.9. The summed E-state index contributed by atoms with van der Waals surface area (Å²) in [7, 11) is 0. The second-order valence-electron chi connectivity index (χ2n) is 5.92. The fourth-order valence-corrected chi connectivity index (χ4v) is 3.09. The summed E-state index contributed by atoms with van der Waals surface area (Å²) in [6.45, 7) is -0.109. The van der Waals surface area contributed by atoms with Gasteiger partial charge in [-0.25, -0.2) is 0 Å². The van der Waals surface area contributed by atoms with Crippen molar-refractivity contribution in [2.24, 2.45) is 0 Å². The van der Waals surface area contributed by atoms with Gasteiger partial charge in [0.15, 0.2) is 0 Å². The molecule has 2 aliphatic rings. The third kappa shape index (κ3) is 4.36. The van der Waals surface area contributed by atoms with Crippen LogP contribution in [0.2, 0.25) is 0 Å². The fourth-order valence-electron chi connectivity index (χ4n) is 2.43. The fraction of sp³-hybridized carbons (Fsp3) is 0.600. The number of nitrogens with one attached hydrogen (secondary N) is 1. The van der Waals surface area contributed by atoms with E-state index < -0.39 is 12.7 Å². The predicted octanol–water partition coefficient (Wildman–Crippen LogP) is 4.23. The molecule has 2 fully saturated rings. The van der Waals surface area contributed by atoms with Gasteiger partial charge in [-0.05, 0) is 59.3 Å².